The van der Waals surface area contributed by atoms with Crippen molar-refractivity contribution in [1.29, 1.82) is 0 Å². The Morgan fingerprint density at radius 3 is 1.93 bits per heavy atom. The minimum atomic E-state index is -1.07. The van der Waals surface area contributed by atoms with E-state index in [9.17, 15) is 28.8 Å². The van der Waals surface area contributed by atoms with E-state index in [1.165, 1.54) is 16.7 Å². The number of nitrogens with one attached hydrogen (secondary N) is 5. The number of Topliss-reactive ketones (excluding diaryl/α,β-unsaturated/α-hetero) is 1. The Morgan fingerprint density at radius 1 is 0.687 bits per heavy atom. The van der Waals surface area contributed by atoms with Gasteiger partial charge in [-0.3, -0.25) is 28.8 Å². The van der Waals surface area contributed by atoms with Crippen LogP contribution in [0.4, 0.5) is 0 Å². The number of nitrogens with zero attached hydrogens (tertiary/aromatic N) is 2. The molecule has 0 aromatic heterocycles. The molecule has 2 aromatic rings. The standard InChI is InChI=1S/C51H67N7O7.2ClH/c1-33(52-4)47(60)55-42(50(63)58-30-17-28-44(58)49(62)54-41-26-15-21-37-19-10-12-24-40(37)41)25-8-6-7-13-31-65-35(3)46(56-48(61)34(2)53-5)51(64)57-29-16-27-43(57)45(59)32-38-22-14-20-36-18-9-11-23-39(36)38;;/h9-12,18-19,23-24,33-35,38,41-44,46,52-53H,14-17,20-22,25-32H2,1-5H3,(H,54,62)(H,55,60)(H,56,61);2*1H/t33-,34-,35+,38-,41+,42-,43-,44-,46-;;/m0../s1. The highest BCUT2D eigenvalue weighted by atomic mass is 35.5. The summed E-state index contributed by atoms with van der Waals surface area (Å²) in [6.07, 6.45) is 7.68. The van der Waals surface area contributed by atoms with Gasteiger partial charge in [0.1, 0.15) is 24.7 Å². The number of carbonyl (C=O) groups is 6. The Balaban J connectivity index is 0.00000490. The summed E-state index contributed by atoms with van der Waals surface area (Å²) in [7, 11) is 3.31. The summed E-state index contributed by atoms with van der Waals surface area (Å²) in [5, 5.41) is 14.7. The smallest absolute Gasteiger partial charge is 0.248 e. The first-order chi connectivity index (χ1) is 31.4. The summed E-state index contributed by atoms with van der Waals surface area (Å²) < 4.78 is 6.02. The molecule has 0 saturated carbocycles. The molecule has 2 aliphatic heterocycles. The van der Waals surface area contributed by atoms with Crippen LogP contribution in [-0.2, 0) is 46.3 Å². The normalized spacial score (nSPS) is 21.6. The van der Waals surface area contributed by atoms with Crippen LogP contribution in [0.3, 0.4) is 0 Å². The predicted molar refractivity (Wildman–Crippen MR) is 262 cm³/mol. The van der Waals surface area contributed by atoms with Gasteiger partial charge in [0.2, 0.25) is 29.5 Å². The second kappa shape index (κ2) is 26.5. The van der Waals surface area contributed by atoms with Gasteiger partial charge in [0, 0.05) is 25.9 Å². The Morgan fingerprint density at radius 2 is 1.25 bits per heavy atom. The third kappa shape index (κ3) is 14.1. The van der Waals surface area contributed by atoms with Gasteiger partial charge in [-0.05, 0) is 139 Å². The quantitative estimate of drug-likeness (QED) is 0.146. The molecule has 0 spiro atoms. The molecule has 9 atom stereocenters. The lowest BCUT2D eigenvalue weighted by molar-refractivity contribution is -0.144. The molecule has 4 aliphatic rings. The van der Waals surface area contributed by atoms with Crippen molar-refractivity contribution in [3.05, 3.63) is 70.8 Å². The summed E-state index contributed by atoms with van der Waals surface area (Å²) in [6, 6.07) is 11.8. The molecule has 0 radical (unpaired) electrons. The SMILES string of the molecule is CN[C@@H](C)C(=O)N[C@@H](CC#CC#CCO[C@H](C)[C@H](NC(=O)[C@H](C)NC)C(=O)N1CCC[C@H]1C(=O)C[C@@H]1CCCc2ccccc21)C(=O)N1CCC[C@H]1C(=O)N[C@@H]1CCCc2ccccc21.Cl.Cl. The van der Waals surface area contributed by atoms with Crippen LogP contribution < -0.4 is 26.6 Å². The number of amides is 5. The summed E-state index contributed by atoms with van der Waals surface area (Å²) in [6.45, 7) is 5.75. The van der Waals surface area contributed by atoms with Crippen molar-refractivity contribution in [2.75, 3.05) is 33.8 Å². The molecule has 16 heteroatoms. The molecule has 2 aliphatic carbocycles. The maximum absolute atomic E-state index is 14.3. The van der Waals surface area contributed by atoms with Gasteiger partial charge in [0.15, 0.2) is 5.78 Å². The lowest BCUT2D eigenvalue weighted by Crippen LogP contribution is -2.58. The molecular weight excluding hydrogens is 894 g/mol. The van der Waals surface area contributed by atoms with E-state index >= 15 is 0 Å². The molecule has 2 aromatic carbocycles. The number of halogens is 2. The number of carbonyl (C=O) groups excluding carboxylic acids is 6. The van der Waals surface area contributed by atoms with Gasteiger partial charge < -0.3 is 41.1 Å². The Hall–Kier alpha value is -4.96. The molecule has 0 bridgehead atoms. The predicted octanol–water partition coefficient (Wildman–Crippen LogP) is 4.07. The van der Waals surface area contributed by atoms with E-state index in [4.69, 9.17) is 4.74 Å². The first kappa shape index (κ1) is 54.6. The van der Waals surface area contributed by atoms with Crippen LogP contribution in [0, 0.1) is 23.7 Å². The highest BCUT2D eigenvalue weighted by Crippen LogP contribution is 2.36. The Bertz CT molecular complexity index is 2190. The monoisotopic (exact) mass is 961 g/mol. The van der Waals surface area contributed by atoms with Gasteiger partial charge >= 0.3 is 0 Å². The molecule has 364 valence electrons. The molecule has 14 nitrogen and oxygen atoms in total. The van der Waals surface area contributed by atoms with Crippen LogP contribution in [-0.4, -0.2) is 121 Å². The highest BCUT2D eigenvalue weighted by molar-refractivity contribution is 5.95. The van der Waals surface area contributed by atoms with Crippen LogP contribution in [0.5, 0.6) is 0 Å². The van der Waals surface area contributed by atoms with Gasteiger partial charge in [-0.15, -0.1) is 24.8 Å². The number of hydrogen-bond acceptors (Lipinski definition) is 9. The van der Waals surface area contributed by atoms with E-state index in [1.54, 1.807) is 44.7 Å². The fourth-order valence-corrected chi connectivity index (χ4v) is 9.63. The molecule has 6 rings (SSSR count). The summed E-state index contributed by atoms with van der Waals surface area (Å²) >= 11 is 0. The van der Waals surface area contributed by atoms with E-state index in [0.29, 0.717) is 45.2 Å². The number of ketones is 1. The van der Waals surface area contributed by atoms with E-state index < -0.39 is 42.4 Å². The van der Waals surface area contributed by atoms with Crippen LogP contribution in [0.2, 0.25) is 0 Å². The van der Waals surface area contributed by atoms with Crippen LogP contribution in [0.15, 0.2) is 48.5 Å². The largest absolute Gasteiger partial charge is 0.363 e. The highest BCUT2D eigenvalue weighted by Gasteiger charge is 2.42. The van der Waals surface area contributed by atoms with Crippen LogP contribution >= 0.6 is 24.8 Å². The minimum Gasteiger partial charge on any atom is -0.363 e. The van der Waals surface area contributed by atoms with Crippen molar-refractivity contribution in [2.24, 2.45) is 0 Å². The molecule has 5 amide bonds. The van der Waals surface area contributed by atoms with Gasteiger partial charge in [0.25, 0.3) is 0 Å². The zero-order valence-electron chi connectivity index (χ0n) is 39.5. The Kier molecular flexibility index (Phi) is 21.7. The topological polar surface area (TPSA) is 178 Å². The molecule has 2 saturated heterocycles. The molecule has 67 heavy (non-hydrogen) atoms. The van der Waals surface area contributed by atoms with Gasteiger partial charge in [-0.2, -0.15) is 0 Å². The van der Waals surface area contributed by atoms with E-state index in [1.807, 2.05) is 24.3 Å². The number of hydrogen-bond donors (Lipinski definition) is 5. The Labute approximate surface area is 408 Å². The second-order valence-electron chi connectivity index (χ2n) is 17.9. The minimum absolute atomic E-state index is 0. The molecule has 5 N–H and O–H groups in total. The van der Waals surface area contributed by atoms with Crippen LogP contribution in [0.25, 0.3) is 0 Å². The molecule has 0 unspecified atom stereocenters. The number of ether oxygens (including phenoxy) is 1. The molecule has 2 fully saturated rings. The third-order valence-electron chi connectivity index (χ3n) is 13.6. The maximum atomic E-state index is 14.3. The van der Waals surface area contributed by atoms with Crippen molar-refractivity contribution in [2.45, 2.75) is 152 Å². The van der Waals surface area contributed by atoms with Crippen molar-refractivity contribution in [3.8, 4) is 23.7 Å². The maximum Gasteiger partial charge on any atom is 0.248 e. The number of fused-ring (bicyclic) bond motifs is 2. The number of likely N-dealkylation sites (tertiary alicyclic amines) is 2. The first-order valence-electron chi connectivity index (χ1n) is 23.5. The second-order valence-corrected chi connectivity index (χ2v) is 17.9. The summed E-state index contributed by atoms with van der Waals surface area (Å²) in [5.41, 5.74) is 4.85. The summed E-state index contributed by atoms with van der Waals surface area (Å²) in [5.74, 6) is 9.72. The van der Waals surface area contributed by atoms with Crippen molar-refractivity contribution >= 4 is 60.1 Å². The average Bonchev–Trinajstić information content (AvgIpc) is 4.03. The van der Waals surface area contributed by atoms with Crippen molar-refractivity contribution in [3.63, 3.8) is 0 Å². The van der Waals surface area contributed by atoms with E-state index in [0.717, 1.165) is 44.1 Å². The lowest BCUT2D eigenvalue weighted by Gasteiger charge is -2.33. The summed E-state index contributed by atoms with van der Waals surface area (Å²) in [4.78, 5) is 85.3. The average molecular weight is 963 g/mol. The first-order valence-corrected chi connectivity index (χ1v) is 23.5. The van der Waals surface area contributed by atoms with Gasteiger partial charge in [-0.25, -0.2) is 0 Å². The zero-order valence-corrected chi connectivity index (χ0v) is 41.1. The van der Waals surface area contributed by atoms with Gasteiger partial charge in [-0.1, -0.05) is 60.4 Å². The number of likely N-dealkylation sites (N-methyl/N-ethyl adjacent to an activating group) is 2. The van der Waals surface area contributed by atoms with Crippen LogP contribution in [0.1, 0.15) is 119 Å². The van der Waals surface area contributed by atoms with E-state index in [-0.39, 0.29) is 85.1 Å². The van der Waals surface area contributed by atoms with Crippen molar-refractivity contribution < 1.29 is 33.5 Å². The fraction of sp³-hybridized carbons (Fsp3) is 0.569. The fourth-order valence-electron chi connectivity index (χ4n) is 9.63. The molecular formula is C51H69Cl2N7O7. The van der Waals surface area contributed by atoms with E-state index in [2.05, 4.69) is 74.5 Å². The third-order valence-corrected chi connectivity index (χ3v) is 13.6. The number of benzene rings is 2. The lowest BCUT2D eigenvalue weighted by atomic mass is 9.79. The zero-order chi connectivity index (χ0) is 46.5. The molecule has 2 heterocycles. The number of aryl methyl sites for hydroxylation is 2. The van der Waals surface area contributed by atoms with Crippen molar-refractivity contribution in [1.82, 2.24) is 36.4 Å². The number of rotatable bonds is 17. The van der Waals surface area contributed by atoms with Gasteiger partial charge in [0.05, 0.1) is 30.3 Å².